The summed E-state index contributed by atoms with van der Waals surface area (Å²) in [6.45, 7) is 2.58. The highest BCUT2D eigenvalue weighted by atomic mass is 32.1. The number of nitrogens with zero attached hydrogens (tertiary/aromatic N) is 5. The van der Waals surface area contributed by atoms with Gasteiger partial charge in [-0.2, -0.15) is 0 Å². The van der Waals surface area contributed by atoms with Gasteiger partial charge in [0.15, 0.2) is 0 Å². The van der Waals surface area contributed by atoms with Crippen LogP contribution in [0.15, 0.2) is 30.6 Å². The van der Waals surface area contributed by atoms with E-state index in [2.05, 4.69) is 26.2 Å². The number of aryl methyl sites for hydroxylation is 2. The van der Waals surface area contributed by atoms with Crippen molar-refractivity contribution in [2.24, 2.45) is 0 Å². The van der Waals surface area contributed by atoms with Gasteiger partial charge in [0.05, 0.1) is 22.2 Å². The van der Waals surface area contributed by atoms with Crippen LogP contribution in [0.3, 0.4) is 0 Å². The SMILES string of the molecule is Cc1nnc(CCC(=O)N2CCc3[nH]cnc3[C@H]2c2nc3ccccc3s2)s1. The van der Waals surface area contributed by atoms with Gasteiger partial charge in [-0.05, 0) is 19.1 Å². The third-order valence-electron chi connectivity index (χ3n) is 4.91. The van der Waals surface area contributed by atoms with Crippen molar-refractivity contribution in [3.63, 3.8) is 0 Å². The maximum Gasteiger partial charge on any atom is 0.223 e. The molecular weight excluding hydrogens is 392 g/mol. The van der Waals surface area contributed by atoms with Gasteiger partial charge in [-0.1, -0.05) is 12.1 Å². The van der Waals surface area contributed by atoms with Crippen LogP contribution in [-0.2, 0) is 17.6 Å². The Bertz CT molecular complexity index is 1110. The van der Waals surface area contributed by atoms with Crippen LogP contribution in [0.5, 0.6) is 0 Å². The van der Waals surface area contributed by atoms with Gasteiger partial charge in [0.25, 0.3) is 0 Å². The average molecular weight is 411 g/mol. The summed E-state index contributed by atoms with van der Waals surface area (Å²) in [7, 11) is 0. The van der Waals surface area contributed by atoms with Crippen molar-refractivity contribution in [2.75, 3.05) is 6.54 Å². The van der Waals surface area contributed by atoms with Crippen LogP contribution in [0.4, 0.5) is 0 Å². The number of imidazole rings is 1. The summed E-state index contributed by atoms with van der Waals surface area (Å²) in [6.07, 6.45) is 3.51. The largest absolute Gasteiger partial charge is 0.348 e. The van der Waals surface area contributed by atoms with Crippen LogP contribution < -0.4 is 0 Å². The van der Waals surface area contributed by atoms with Gasteiger partial charge in [-0.15, -0.1) is 32.9 Å². The summed E-state index contributed by atoms with van der Waals surface area (Å²) in [6, 6.07) is 7.83. The number of rotatable bonds is 4. The van der Waals surface area contributed by atoms with Gasteiger partial charge in [0.2, 0.25) is 5.91 Å². The number of hydrogen-bond acceptors (Lipinski definition) is 7. The zero-order valence-corrected chi connectivity index (χ0v) is 16.9. The number of fused-ring (bicyclic) bond motifs is 2. The lowest BCUT2D eigenvalue weighted by Gasteiger charge is -2.33. The van der Waals surface area contributed by atoms with E-state index in [1.807, 2.05) is 30.0 Å². The Kier molecular flexibility index (Phi) is 4.40. The molecule has 1 atom stereocenters. The van der Waals surface area contributed by atoms with E-state index < -0.39 is 0 Å². The number of aromatic nitrogens is 5. The van der Waals surface area contributed by atoms with Crippen LogP contribution in [0.2, 0.25) is 0 Å². The summed E-state index contributed by atoms with van der Waals surface area (Å²) < 4.78 is 1.12. The van der Waals surface area contributed by atoms with Crippen molar-refractivity contribution in [1.82, 2.24) is 30.0 Å². The van der Waals surface area contributed by atoms with E-state index in [0.29, 0.717) is 19.4 Å². The molecule has 5 rings (SSSR count). The second-order valence-electron chi connectivity index (χ2n) is 6.74. The maximum absolute atomic E-state index is 13.1. The van der Waals surface area contributed by atoms with Gasteiger partial charge >= 0.3 is 0 Å². The van der Waals surface area contributed by atoms with Crippen LogP contribution in [-0.4, -0.2) is 42.5 Å². The molecule has 0 saturated carbocycles. The van der Waals surface area contributed by atoms with Gasteiger partial charge in [-0.3, -0.25) is 4.79 Å². The first kappa shape index (κ1) is 17.4. The molecule has 0 aliphatic carbocycles. The lowest BCUT2D eigenvalue weighted by atomic mass is 10.0. The molecule has 1 aromatic carbocycles. The van der Waals surface area contributed by atoms with Crippen molar-refractivity contribution in [3.8, 4) is 0 Å². The van der Waals surface area contributed by atoms with Crippen LogP contribution in [0, 0.1) is 6.92 Å². The summed E-state index contributed by atoms with van der Waals surface area (Å²) in [5.74, 6) is 0.103. The molecular formula is C19H18N6OS2. The smallest absolute Gasteiger partial charge is 0.223 e. The highest BCUT2D eigenvalue weighted by Gasteiger charge is 2.35. The zero-order valence-electron chi connectivity index (χ0n) is 15.3. The number of hydrogen-bond donors (Lipinski definition) is 1. The molecule has 0 unspecified atom stereocenters. The molecule has 4 heterocycles. The third-order valence-corrected chi connectivity index (χ3v) is 6.90. The van der Waals surface area contributed by atoms with Crippen molar-refractivity contribution in [3.05, 3.63) is 57.0 Å². The number of para-hydroxylation sites is 1. The molecule has 0 radical (unpaired) electrons. The lowest BCUT2D eigenvalue weighted by Crippen LogP contribution is -2.40. The van der Waals surface area contributed by atoms with Gasteiger partial charge < -0.3 is 9.88 Å². The predicted molar refractivity (Wildman–Crippen MR) is 108 cm³/mol. The molecule has 7 nitrogen and oxygen atoms in total. The van der Waals surface area contributed by atoms with Crippen LogP contribution >= 0.6 is 22.7 Å². The van der Waals surface area contributed by atoms with E-state index >= 15 is 0 Å². The van der Waals surface area contributed by atoms with Gasteiger partial charge in [-0.25, -0.2) is 9.97 Å². The quantitative estimate of drug-likeness (QED) is 0.558. The average Bonchev–Trinajstić information content (AvgIpc) is 3.43. The summed E-state index contributed by atoms with van der Waals surface area (Å²) in [4.78, 5) is 27.6. The molecule has 0 bridgehead atoms. The lowest BCUT2D eigenvalue weighted by molar-refractivity contribution is -0.133. The van der Waals surface area contributed by atoms with E-state index in [4.69, 9.17) is 4.98 Å². The van der Waals surface area contributed by atoms with E-state index in [1.165, 1.54) is 0 Å². The molecule has 0 fully saturated rings. The second-order valence-corrected chi connectivity index (χ2v) is 9.07. The van der Waals surface area contributed by atoms with E-state index in [-0.39, 0.29) is 11.9 Å². The Morgan fingerprint density at radius 3 is 3.00 bits per heavy atom. The summed E-state index contributed by atoms with van der Waals surface area (Å²) >= 11 is 3.18. The minimum atomic E-state index is -0.240. The van der Waals surface area contributed by atoms with Crippen molar-refractivity contribution in [2.45, 2.75) is 32.2 Å². The third kappa shape index (κ3) is 3.10. The highest BCUT2D eigenvalue weighted by Crippen LogP contribution is 2.37. The van der Waals surface area contributed by atoms with Crippen LogP contribution in [0.25, 0.3) is 10.2 Å². The zero-order chi connectivity index (χ0) is 19.1. The fraction of sp³-hybridized carbons (Fsp3) is 0.316. The summed E-state index contributed by atoms with van der Waals surface area (Å²) in [5, 5.41) is 10.9. The number of amides is 1. The maximum atomic E-state index is 13.1. The second kappa shape index (κ2) is 7.06. The molecule has 0 spiro atoms. The van der Waals surface area contributed by atoms with Crippen molar-refractivity contribution < 1.29 is 4.79 Å². The highest BCUT2D eigenvalue weighted by molar-refractivity contribution is 7.18. The minimum Gasteiger partial charge on any atom is -0.348 e. The summed E-state index contributed by atoms with van der Waals surface area (Å²) in [5.41, 5.74) is 2.96. The topological polar surface area (TPSA) is 87.7 Å². The molecule has 1 N–H and O–H groups in total. The minimum absolute atomic E-state index is 0.103. The van der Waals surface area contributed by atoms with E-state index in [1.54, 1.807) is 29.0 Å². The Morgan fingerprint density at radius 1 is 1.29 bits per heavy atom. The number of carbonyl (C=O) groups excluding carboxylic acids is 1. The van der Waals surface area contributed by atoms with Gasteiger partial charge in [0.1, 0.15) is 21.1 Å². The Hall–Kier alpha value is -2.65. The molecule has 1 aliphatic rings. The van der Waals surface area contributed by atoms with E-state index in [9.17, 15) is 4.79 Å². The molecule has 28 heavy (non-hydrogen) atoms. The normalized spacial score (nSPS) is 16.5. The molecule has 1 amide bonds. The first-order chi connectivity index (χ1) is 13.7. The van der Waals surface area contributed by atoms with E-state index in [0.717, 1.165) is 43.0 Å². The first-order valence-corrected chi connectivity index (χ1v) is 10.8. The van der Waals surface area contributed by atoms with Crippen molar-refractivity contribution in [1.29, 1.82) is 0 Å². The Morgan fingerprint density at radius 2 is 2.18 bits per heavy atom. The Balaban J connectivity index is 1.46. The number of aromatic amines is 1. The van der Waals surface area contributed by atoms with Crippen molar-refractivity contribution >= 4 is 38.8 Å². The van der Waals surface area contributed by atoms with Gasteiger partial charge in [0, 0.05) is 31.5 Å². The number of nitrogens with one attached hydrogen (secondary N) is 1. The standard InChI is InChI=1S/C19H18N6OS2/c1-11-23-24-15(27-11)6-7-16(26)25-9-8-13-17(21-10-20-13)18(25)19-22-12-4-2-3-5-14(12)28-19/h2-5,10,18H,6-9H2,1H3,(H,20,21)/t18-/m0/s1. The molecule has 142 valence electrons. The van der Waals surface area contributed by atoms with Crippen LogP contribution in [0.1, 0.15) is 38.9 Å². The molecule has 9 heteroatoms. The molecule has 4 aromatic rings. The fourth-order valence-corrected chi connectivity index (χ4v) is 5.39. The fourth-order valence-electron chi connectivity index (χ4n) is 3.60. The first-order valence-electron chi connectivity index (χ1n) is 9.15. The number of carbonyl (C=O) groups is 1. The molecule has 0 saturated heterocycles. The molecule has 3 aromatic heterocycles. The number of benzene rings is 1. The number of H-pyrrole nitrogens is 1. The molecule has 1 aliphatic heterocycles. The Labute approximate surface area is 169 Å². The predicted octanol–water partition coefficient (Wildman–Crippen LogP) is 3.29. The monoisotopic (exact) mass is 410 g/mol. The number of thiazole rings is 1.